The number of amidine groups is 1. The summed E-state index contributed by atoms with van der Waals surface area (Å²) in [6.07, 6.45) is -0.536. The third-order valence-corrected chi connectivity index (χ3v) is 19.4. The van der Waals surface area contributed by atoms with Crippen molar-refractivity contribution in [2.24, 2.45) is 10.7 Å². The van der Waals surface area contributed by atoms with Gasteiger partial charge in [0.25, 0.3) is 0 Å². The molecule has 584 valence electrons. The largest absolute Gasteiger partial charge is 0.494 e. The number of piperazine rings is 3. The van der Waals surface area contributed by atoms with Gasteiger partial charge in [0, 0.05) is 129 Å². The number of carbonyl (C=O) groups is 5. The Kier molecular flexibility index (Phi) is 32.5. The highest BCUT2D eigenvalue weighted by Crippen LogP contribution is 2.34. The number of anilines is 10. The third-order valence-electron chi connectivity index (χ3n) is 16.1. The number of aliphatic imine (C=N–C) groups is 1. The number of rotatable bonds is 18. The lowest BCUT2D eigenvalue weighted by atomic mass is 10.1. The van der Waals surface area contributed by atoms with Crippen LogP contribution in [0.2, 0.25) is 0 Å². The van der Waals surface area contributed by atoms with Gasteiger partial charge in [-0.3, -0.25) is 14.4 Å². The van der Waals surface area contributed by atoms with Crippen molar-refractivity contribution in [1.29, 1.82) is 0 Å². The first-order valence-electron chi connectivity index (χ1n) is 34.2. The molecule has 6 aromatic carbocycles. The van der Waals surface area contributed by atoms with E-state index < -0.39 is 34.4 Å². The Morgan fingerprint density at radius 2 is 0.908 bits per heavy atom. The molecule has 25 nitrogen and oxygen atoms in total. The van der Waals surface area contributed by atoms with Crippen LogP contribution in [0.3, 0.4) is 0 Å². The molecule has 0 spiro atoms. The number of nitrogens with one attached hydrogen (secondary N) is 4. The number of nitrogen functional groups attached to an aromatic ring is 2. The summed E-state index contributed by atoms with van der Waals surface area (Å²) in [5, 5.41) is 14.7. The van der Waals surface area contributed by atoms with Gasteiger partial charge in [0.1, 0.15) is 32.6 Å². The molecule has 2 aromatic heterocycles. The summed E-state index contributed by atoms with van der Waals surface area (Å²) in [4.78, 5) is 84.6. The number of benzene rings is 6. The van der Waals surface area contributed by atoms with Crippen LogP contribution >= 0.6 is 72.5 Å². The van der Waals surface area contributed by atoms with Gasteiger partial charge in [-0.25, -0.2) is 32.7 Å². The Bertz CT molecular complexity index is 4440. The van der Waals surface area contributed by atoms with E-state index in [1.54, 1.807) is 9.80 Å². The third kappa shape index (κ3) is 25.8. The number of thiazole rings is 2. The quantitative estimate of drug-likeness (QED) is 0.0105. The number of aromatic nitrogens is 2. The van der Waals surface area contributed by atoms with Gasteiger partial charge in [-0.2, -0.15) is 14.9 Å². The first-order chi connectivity index (χ1) is 51.4. The number of Topliss-reactive ketones (excluding diaryl/α,β-unsaturated/α-hetero) is 1. The van der Waals surface area contributed by atoms with Crippen LogP contribution in [0.1, 0.15) is 89.3 Å². The number of hydrogen-bond acceptors (Lipinski definition) is 24. The van der Waals surface area contributed by atoms with E-state index in [0.717, 1.165) is 114 Å². The molecule has 1 atom stereocenters. The van der Waals surface area contributed by atoms with Crippen molar-refractivity contribution in [3.8, 4) is 17.2 Å². The predicted molar refractivity (Wildman–Crippen MR) is 445 cm³/mol. The summed E-state index contributed by atoms with van der Waals surface area (Å²) in [6, 6.07) is 36.0. The molecule has 3 aliphatic rings. The Hall–Kier alpha value is -9.50. The minimum atomic E-state index is -0.624. The monoisotopic (exact) mass is 1660 g/mol. The number of methoxy groups -OCH3 is 3. The van der Waals surface area contributed by atoms with Crippen molar-refractivity contribution in [1.82, 2.24) is 25.1 Å². The normalized spacial score (nSPS) is 13.6. The highest BCUT2D eigenvalue weighted by atomic mass is 79.9. The maximum absolute atomic E-state index is 14.0. The molecule has 109 heavy (non-hydrogen) atoms. The zero-order valence-electron chi connectivity index (χ0n) is 62.3. The first-order valence-corrected chi connectivity index (χ1v) is 38.4. The van der Waals surface area contributed by atoms with Crippen LogP contribution < -0.4 is 67.4 Å². The van der Waals surface area contributed by atoms with Crippen LogP contribution in [0.15, 0.2) is 132 Å². The molecule has 3 aliphatic heterocycles. The van der Waals surface area contributed by atoms with E-state index in [1.807, 2.05) is 109 Å². The number of nitrogens with zero attached hydrogens (tertiary/aromatic N) is 8. The summed E-state index contributed by atoms with van der Waals surface area (Å²) in [6.45, 7) is 22.5. The fourth-order valence-electron chi connectivity index (χ4n) is 10.7. The topological polar surface area (TPSA) is 312 Å². The molecule has 1 unspecified atom stereocenters. The van der Waals surface area contributed by atoms with Crippen LogP contribution in [-0.4, -0.2) is 182 Å². The molecule has 0 bridgehead atoms. The van der Waals surface area contributed by atoms with Gasteiger partial charge in [-0.1, -0.05) is 57.3 Å². The Morgan fingerprint density at radius 3 is 1.25 bits per heavy atom. The lowest BCUT2D eigenvalue weighted by molar-refractivity contribution is 0.0230. The Morgan fingerprint density at radius 1 is 0.560 bits per heavy atom. The van der Waals surface area contributed by atoms with Crippen molar-refractivity contribution >= 4 is 168 Å². The van der Waals surface area contributed by atoms with Crippen LogP contribution in [0, 0.1) is 17.5 Å². The van der Waals surface area contributed by atoms with E-state index in [1.165, 1.54) is 75.6 Å². The number of thioether (sulfide) groups is 1. The molecule has 10 N–H and O–H groups in total. The summed E-state index contributed by atoms with van der Waals surface area (Å²) < 4.78 is 66.4. The predicted octanol–water partition coefficient (Wildman–Crippen LogP) is 14.1. The van der Waals surface area contributed by atoms with Crippen molar-refractivity contribution in [3.63, 3.8) is 0 Å². The average Bonchev–Trinajstić information content (AvgIpc) is 1.52. The maximum atomic E-state index is 14.0. The maximum Gasteiger partial charge on any atom is 0.410 e. The fourth-order valence-corrected chi connectivity index (χ4v) is 13.5. The van der Waals surface area contributed by atoms with Crippen molar-refractivity contribution in [2.45, 2.75) is 59.7 Å². The average molecular weight is 1660 g/mol. The minimum Gasteiger partial charge on any atom is -0.494 e. The lowest BCUT2D eigenvalue weighted by Gasteiger charge is -2.36. The number of thiocarbonyl (C=S) groups is 1. The molecule has 2 amide bonds. The fraction of sp³-hybridized carbons (Fsp3) is 0.347. The van der Waals surface area contributed by atoms with Gasteiger partial charge in [-0.15, -0.1) is 0 Å². The molecule has 5 heterocycles. The number of nitrogens with two attached hydrogens (primary N) is 3. The summed E-state index contributed by atoms with van der Waals surface area (Å²) >= 11 is 11.9. The molecular weight excluding hydrogens is 1570 g/mol. The SMILES string of the molecule is CCSC(N)=NC(=S)Nc1ccc(N2CCN(C(=O)OC(C)(C)C)CC2)cc1.COc1ccc(C(=O)CBr)cc1F.COc1ccc(C(=O)c2sc(Nc3ccc(N4CCN(C(=O)OC(C)(C)C)CC4)cc3)nc2N)cc1F.COc1ccc(C(=O)c2sc(Nc3ccc(N4CCNCC4)cc3)nc2N)cc1F.P. The number of amides is 2. The summed E-state index contributed by atoms with van der Waals surface area (Å²) in [7, 11) is 4.11. The number of ether oxygens (including phenoxy) is 5. The van der Waals surface area contributed by atoms with Crippen molar-refractivity contribution < 1.29 is 60.8 Å². The zero-order valence-corrected chi connectivity index (χ0v) is 68.5. The van der Waals surface area contributed by atoms with E-state index >= 15 is 0 Å². The standard InChI is InChI=1S/C26H30FN5O4S.C21H22FN5O2S.C19H29N5O2S2.C9H8BrFO2.H3P/c1-26(2,3)36-25(34)32-13-11-31(12-14-32)18-8-6-17(7-9-18)29-24-30-23(28)22(37-24)21(33)16-5-10-20(35-4)19(27)15-16;1-29-17-7-2-13(12-16(17)22)18(28)19-20(23)26-21(30-19)25-14-3-5-15(6-4-14)27-10-8-24-9-11-27;1-5-28-16(20)22-17(27)21-14-6-8-15(9-7-14)23-10-12-24(13-11-23)18(25)26-19(2,3)4;1-13-9-3-2-6(4-7(9)11)8(12)5-10;/h5-10,15H,11-14,28H2,1-4H3,(H,29,30);2-7,12,24H,8-11,23H2,1H3,(H,25,26);6-9H,5,10-13H2,1-4H3,(H3,20,21,22,27);2-4H,5H2,1H3;1H3. The Balaban J connectivity index is 0.000000211. The smallest absolute Gasteiger partial charge is 0.410 e. The van der Waals surface area contributed by atoms with Crippen LogP contribution in [0.5, 0.6) is 17.2 Å². The molecule has 3 fully saturated rings. The van der Waals surface area contributed by atoms with E-state index in [2.05, 4.69) is 79.0 Å². The molecule has 0 saturated carbocycles. The van der Waals surface area contributed by atoms with Crippen LogP contribution in [-0.2, 0) is 9.47 Å². The molecule has 34 heteroatoms. The minimum absolute atomic E-state index is 0. The molecule has 8 aromatic rings. The number of carbonyl (C=O) groups excluding carboxylic acids is 5. The zero-order chi connectivity index (χ0) is 78.4. The second-order valence-electron chi connectivity index (χ2n) is 26.1. The van der Waals surface area contributed by atoms with Gasteiger partial charge >= 0.3 is 12.2 Å². The molecule has 0 aliphatic carbocycles. The molecular formula is C75H92BrF3N15O10PS4. The lowest BCUT2D eigenvalue weighted by Crippen LogP contribution is -2.50. The van der Waals surface area contributed by atoms with E-state index in [0.29, 0.717) is 65.4 Å². The van der Waals surface area contributed by atoms with Gasteiger partial charge < -0.3 is 86.7 Å². The number of alkyl halides is 1. The highest BCUT2D eigenvalue weighted by Gasteiger charge is 2.29. The van der Waals surface area contributed by atoms with Crippen LogP contribution in [0.25, 0.3) is 0 Å². The second kappa shape index (κ2) is 40.8. The van der Waals surface area contributed by atoms with E-state index in [-0.39, 0.29) is 88.7 Å². The molecule has 3 saturated heterocycles. The highest BCUT2D eigenvalue weighted by molar-refractivity contribution is 9.09. The van der Waals surface area contributed by atoms with Gasteiger partial charge in [0.15, 0.2) is 61.0 Å². The van der Waals surface area contributed by atoms with Crippen molar-refractivity contribution in [3.05, 3.63) is 171 Å². The number of ketones is 3. The van der Waals surface area contributed by atoms with Gasteiger partial charge in [0.2, 0.25) is 11.6 Å². The van der Waals surface area contributed by atoms with Gasteiger partial charge in [-0.05, 0) is 187 Å². The van der Waals surface area contributed by atoms with E-state index in [4.69, 9.17) is 53.1 Å². The van der Waals surface area contributed by atoms with Crippen LogP contribution in [0.4, 0.5) is 78.8 Å². The number of hydrogen-bond donors (Lipinski definition) is 7. The Labute approximate surface area is 661 Å². The first kappa shape index (κ1) is 86.7. The van der Waals surface area contributed by atoms with Crippen molar-refractivity contribution in [2.75, 3.05) is 153 Å². The van der Waals surface area contributed by atoms with Gasteiger partial charge in [0.05, 0.1) is 26.7 Å². The molecule has 0 radical (unpaired) electrons. The summed E-state index contributed by atoms with van der Waals surface area (Å²) in [5.41, 5.74) is 23.2. The number of halogens is 4. The molecule has 11 rings (SSSR count). The second-order valence-corrected chi connectivity index (χ2v) is 30.3. The van der Waals surface area contributed by atoms with E-state index in [9.17, 15) is 37.1 Å². The summed E-state index contributed by atoms with van der Waals surface area (Å²) in [5.74, 6) is -1.36.